The topological polar surface area (TPSA) is 9.23 Å². The Bertz CT molecular complexity index is 341. The molecule has 0 aliphatic heterocycles. The Balaban J connectivity index is 2.59. The highest BCUT2D eigenvalue weighted by atomic mass is 32.1. The molecule has 1 nitrogen and oxygen atoms in total. The number of hydrogen-bond donors (Lipinski definition) is 1. The fraction of sp³-hybridized carbons (Fsp3) is 0.600. The van der Waals surface area contributed by atoms with E-state index < -0.39 is 0 Å². The van der Waals surface area contributed by atoms with Crippen LogP contribution in [0.15, 0.2) is 24.3 Å². The van der Waals surface area contributed by atoms with Gasteiger partial charge in [-0.1, -0.05) is 39.8 Å². The van der Waals surface area contributed by atoms with E-state index in [-0.39, 0.29) is 5.41 Å². The molecule has 0 bridgehead atoms. The predicted octanol–water partition coefficient (Wildman–Crippen LogP) is 4.22. The van der Waals surface area contributed by atoms with E-state index in [1.54, 1.807) is 0 Å². The molecule has 0 N–H and O–H groups in total. The lowest BCUT2D eigenvalue weighted by molar-refractivity contribution is 0.165. The molecule has 0 radical (unpaired) electrons. The Morgan fingerprint density at radius 1 is 1.29 bits per heavy atom. The second-order valence-electron chi connectivity index (χ2n) is 5.56. The Morgan fingerprint density at radius 2 is 2.00 bits per heavy atom. The SMILES string of the molecule is CCc1cccc(OCC(CS)C(C)(C)C)c1. The van der Waals surface area contributed by atoms with Gasteiger partial charge in [0.15, 0.2) is 0 Å². The first kappa shape index (κ1) is 14.4. The van der Waals surface area contributed by atoms with Gasteiger partial charge in [-0.3, -0.25) is 0 Å². The summed E-state index contributed by atoms with van der Waals surface area (Å²) in [5.74, 6) is 2.30. The first-order valence-corrected chi connectivity index (χ1v) is 6.93. The molecule has 96 valence electrons. The molecule has 1 aromatic carbocycles. The number of thiol groups is 1. The minimum Gasteiger partial charge on any atom is -0.493 e. The van der Waals surface area contributed by atoms with Crippen LogP contribution in [0.25, 0.3) is 0 Å². The molecule has 0 heterocycles. The molecule has 1 aromatic rings. The summed E-state index contributed by atoms with van der Waals surface area (Å²) in [6.45, 7) is 9.60. The van der Waals surface area contributed by atoms with Gasteiger partial charge in [-0.2, -0.15) is 12.6 Å². The van der Waals surface area contributed by atoms with Gasteiger partial charge in [0.05, 0.1) is 6.61 Å². The number of hydrogen-bond acceptors (Lipinski definition) is 2. The third-order valence-electron chi connectivity index (χ3n) is 3.20. The molecule has 0 saturated heterocycles. The van der Waals surface area contributed by atoms with Crippen LogP contribution < -0.4 is 4.74 Å². The van der Waals surface area contributed by atoms with Gasteiger partial charge < -0.3 is 4.74 Å². The highest BCUT2D eigenvalue weighted by Crippen LogP contribution is 2.27. The third-order valence-corrected chi connectivity index (χ3v) is 3.64. The van der Waals surface area contributed by atoms with Crippen LogP contribution in [-0.2, 0) is 6.42 Å². The van der Waals surface area contributed by atoms with E-state index in [1.807, 2.05) is 6.07 Å². The summed E-state index contributed by atoms with van der Waals surface area (Å²) in [5.41, 5.74) is 1.56. The van der Waals surface area contributed by atoms with Gasteiger partial charge in [0.25, 0.3) is 0 Å². The summed E-state index contributed by atoms with van der Waals surface area (Å²) in [4.78, 5) is 0. The third kappa shape index (κ3) is 4.63. The van der Waals surface area contributed by atoms with E-state index in [4.69, 9.17) is 4.74 Å². The largest absolute Gasteiger partial charge is 0.493 e. The van der Waals surface area contributed by atoms with Crippen molar-refractivity contribution in [2.45, 2.75) is 34.1 Å². The van der Waals surface area contributed by atoms with Crippen molar-refractivity contribution in [3.05, 3.63) is 29.8 Å². The lowest BCUT2D eigenvalue weighted by atomic mass is 9.82. The summed E-state index contributed by atoms with van der Waals surface area (Å²) in [6.07, 6.45) is 1.05. The molecule has 0 aliphatic rings. The van der Waals surface area contributed by atoms with Crippen LogP contribution in [0.1, 0.15) is 33.3 Å². The maximum atomic E-state index is 5.88. The van der Waals surface area contributed by atoms with Gasteiger partial charge in [-0.25, -0.2) is 0 Å². The summed E-state index contributed by atoms with van der Waals surface area (Å²) in [7, 11) is 0. The standard InChI is InChI=1S/C15H24OS/c1-5-12-7-6-8-14(9-12)16-10-13(11-17)15(2,3)4/h6-9,13,17H,5,10-11H2,1-4H3. The molecular formula is C15H24OS. The van der Waals surface area contributed by atoms with Gasteiger partial charge >= 0.3 is 0 Å². The summed E-state index contributed by atoms with van der Waals surface area (Å²) < 4.78 is 5.88. The zero-order chi connectivity index (χ0) is 12.9. The van der Waals surface area contributed by atoms with Crippen molar-refractivity contribution >= 4 is 12.6 Å². The first-order valence-electron chi connectivity index (χ1n) is 6.30. The fourth-order valence-corrected chi connectivity index (χ4v) is 2.28. The van der Waals surface area contributed by atoms with Crippen molar-refractivity contribution < 1.29 is 4.74 Å². The first-order chi connectivity index (χ1) is 7.97. The van der Waals surface area contributed by atoms with Crippen molar-refractivity contribution in [2.75, 3.05) is 12.4 Å². The minimum absolute atomic E-state index is 0.240. The zero-order valence-corrected chi connectivity index (χ0v) is 12.3. The zero-order valence-electron chi connectivity index (χ0n) is 11.4. The highest BCUT2D eigenvalue weighted by molar-refractivity contribution is 7.80. The molecule has 0 spiro atoms. The van der Waals surface area contributed by atoms with Crippen LogP contribution in [0.5, 0.6) is 5.75 Å². The van der Waals surface area contributed by atoms with Crippen LogP contribution in [-0.4, -0.2) is 12.4 Å². The summed E-state index contributed by atoms with van der Waals surface area (Å²) >= 11 is 4.41. The molecule has 1 rings (SSSR count). The number of rotatable bonds is 5. The van der Waals surface area contributed by atoms with Crippen LogP contribution in [0.2, 0.25) is 0 Å². The van der Waals surface area contributed by atoms with Crippen LogP contribution in [0.4, 0.5) is 0 Å². The molecular weight excluding hydrogens is 228 g/mol. The molecule has 0 saturated carbocycles. The highest BCUT2D eigenvalue weighted by Gasteiger charge is 2.23. The Hall–Kier alpha value is -0.630. The molecule has 0 aromatic heterocycles. The van der Waals surface area contributed by atoms with Gasteiger partial charge in [0, 0.05) is 5.92 Å². The van der Waals surface area contributed by atoms with Crippen LogP contribution in [0.3, 0.4) is 0 Å². The predicted molar refractivity (Wildman–Crippen MR) is 78.1 cm³/mol. The number of ether oxygens (including phenoxy) is 1. The van der Waals surface area contributed by atoms with Gasteiger partial charge in [0.2, 0.25) is 0 Å². The lowest BCUT2D eigenvalue weighted by Crippen LogP contribution is -2.28. The Kier molecular flexibility index (Phi) is 5.38. The Morgan fingerprint density at radius 3 is 2.53 bits per heavy atom. The summed E-state index contributed by atoms with van der Waals surface area (Å²) in [5, 5.41) is 0. The normalized spacial score (nSPS) is 13.5. The molecule has 2 heteroatoms. The molecule has 0 amide bonds. The maximum Gasteiger partial charge on any atom is 0.119 e. The van der Waals surface area contributed by atoms with Gasteiger partial charge in [-0.05, 0) is 35.3 Å². The molecule has 0 aliphatic carbocycles. The van der Waals surface area contributed by atoms with E-state index in [0.717, 1.165) is 24.5 Å². The van der Waals surface area contributed by atoms with Crippen molar-refractivity contribution in [1.82, 2.24) is 0 Å². The van der Waals surface area contributed by atoms with Crippen molar-refractivity contribution in [2.24, 2.45) is 11.3 Å². The second-order valence-corrected chi connectivity index (χ2v) is 5.92. The summed E-state index contributed by atoms with van der Waals surface area (Å²) in [6, 6.07) is 8.34. The molecule has 17 heavy (non-hydrogen) atoms. The molecule has 0 fully saturated rings. The van der Waals surface area contributed by atoms with Crippen molar-refractivity contribution in [3.63, 3.8) is 0 Å². The van der Waals surface area contributed by atoms with E-state index in [2.05, 4.69) is 58.5 Å². The maximum absolute atomic E-state index is 5.88. The molecule has 1 atom stereocenters. The smallest absolute Gasteiger partial charge is 0.119 e. The monoisotopic (exact) mass is 252 g/mol. The van der Waals surface area contributed by atoms with Crippen LogP contribution in [0, 0.1) is 11.3 Å². The van der Waals surface area contributed by atoms with E-state index >= 15 is 0 Å². The average Bonchev–Trinajstić information content (AvgIpc) is 2.28. The minimum atomic E-state index is 0.240. The van der Waals surface area contributed by atoms with E-state index in [0.29, 0.717) is 5.92 Å². The van der Waals surface area contributed by atoms with E-state index in [1.165, 1.54) is 5.56 Å². The van der Waals surface area contributed by atoms with Crippen molar-refractivity contribution in [3.8, 4) is 5.75 Å². The second kappa shape index (κ2) is 6.34. The number of benzene rings is 1. The van der Waals surface area contributed by atoms with Gasteiger partial charge in [-0.15, -0.1) is 0 Å². The Labute approximate surface area is 111 Å². The lowest BCUT2D eigenvalue weighted by Gasteiger charge is -2.29. The van der Waals surface area contributed by atoms with Crippen molar-refractivity contribution in [1.29, 1.82) is 0 Å². The van der Waals surface area contributed by atoms with Crippen LogP contribution >= 0.6 is 12.6 Å². The van der Waals surface area contributed by atoms with E-state index in [9.17, 15) is 0 Å². The quantitative estimate of drug-likeness (QED) is 0.772. The van der Waals surface area contributed by atoms with Gasteiger partial charge in [0.1, 0.15) is 5.75 Å². The fourth-order valence-electron chi connectivity index (χ4n) is 1.63. The average molecular weight is 252 g/mol. The number of aryl methyl sites for hydroxylation is 1. The molecule has 1 unspecified atom stereocenters.